The van der Waals surface area contributed by atoms with Crippen LogP contribution in [0.15, 0.2) is 24.4 Å². The lowest BCUT2D eigenvalue weighted by atomic mass is 10.2. The van der Waals surface area contributed by atoms with Crippen LogP contribution < -0.4 is 0 Å². The van der Waals surface area contributed by atoms with Crippen LogP contribution >= 0.6 is 11.3 Å². The first kappa shape index (κ1) is 16.3. The van der Waals surface area contributed by atoms with E-state index in [0.717, 1.165) is 16.4 Å². The Kier molecular flexibility index (Phi) is 4.59. The molecule has 3 heterocycles. The van der Waals surface area contributed by atoms with Crippen LogP contribution in [0.2, 0.25) is 0 Å². The average Bonchev–Trinajstić information content (AvgIpc) is 2.95. The van der Waals surface area contributed by atoms with E-state index in [1.165, 1.54) is 11.3 Å². The molecule has 2 aromatic heterocycles. The van der Waals surface area contributed by atoms with E-state index in [9.17, 15) is 9.00 Å². The van der Waals surface area contributed by atoms with Crippen molar-refractivity contribution in [3.8, 4) is 10.7 Å². The number of hydrogen-bond donors (Lipinski definition) is 0. The number of hydrogen-bond acceptors (Lipinski definition) is 5. The van der Waals surface area contributed by atoms with E-state index in [1.54, 1.807) is 6.20 Å². The second-order valence-corrected chi connectivity index (χ2v) is 8.59. The Bertz CT molecular complexity index is 745. The smallest absolute Gasteiger partial charge is 0.266 e. The second-order valence-electron chi connectivity index (χ2n) is 5.68. The van der Waals surface area contributed by atoms with Gasteiger partial charge in [-0.3, -0.25) is 14.0 Å². The summed E-state index contributed by atoms with van der Waals surface area (Å²) in [5, 5.41) is 0.754. The summed E-state index contributed by atoms with van der Waals surface area (Å²) < 4.78 is 11.9. The van der Waals surface area contributed by atoms with Crippen LogP contribution in [-0.4, -0.2) is 48.6 Å². The number of pyridine rings is 1. The maximum atomic E-state index is 12.9. The highest BCUT2D eigenvalue weighted by Crippen LogP contribution is 2.29. The number of carbonyl (C=O) groups is 1. The number of amides is 1. The van der Waals surface area contributed by atoms with Crippen molar-refractivity contribution in [1.82, 2.24) is 14.9 Å². The summed E-state index contributed by atoms with van der Waals surface area (Å²) in [6.45, 7) is 6.30. The van der Waals surface area contributed by atoms with Gasteiger partial charge in [0.15, 0.2) is 0 Å². The highest BCUT2D eigenvalue weighted by molar-refractivity contribution is 7.85. The Balaban J connectivity index is 1.89. The van der Waals surface area contributed by atoms with Crippen LogP contribution in [0.4, 0.5) is 0 Å². The van der Waals surface area contributed by atoms with E-state index in [-0.39, 0.29) is 17.2 Å². The molecule has 1 aliphatic rings. The zero-order valence-corrected chi connectivity index (χ0v) is 15.0. The van der Waals surface area contributed by atoms with Gasteiger partial charge >= 0.3 is 0 Å². The molecule has 0 aromatic carbocycles. The van der Waals surface area contributed by atoms with Crippen LogP contribution in [0.1, 0.15) is 29.2 Å². The van der Waals surface area contributed by atoms with E-state index in [1.807, 2.05) is 43.9 Å². The molecule has 1 aliphatic heterocycles. The molecule has 1 saturated heterocycles. The van der Waals surface area contributed by atoms with Crippen LogP contribution in [0.5, 0.6) is 0 Å². The Labute approximate surface area is 142 Å². The van der Waals surface area contributed by atoms with E-state index < -0.39 is 10.8 Å². The second kappa shape index (κ2) is 6.49. The summed E-state index contributed by atoms with van der Waals surface area (Å²) in [7, 11) is -0.855. The largest absolute Gasteiger partial charge is 0.333 e. The fraction of sp³-hybridized carbons (Fsp3) is 0.438. The molecule has 1 amide bonds. The monoisotopic (exact) mass is 349 g/mol. The predicted octanol–water partition coefficient (Wildman–Crippen LogP) is 2.50. The summed E-state index contributed by atoms with van der Waals surface area (Å²) >= 11 is 1.38. The van der Waals surface area contributed by atoms with Crippen molar-refractivity contribution >= 4 is 28.0 Å². The van der Waals surface area contributed by atoms with Gasteiger partial charge in [0.2, 0.25) is 0 Å². The molecule has 122 valence electrons. The highest BCUT2D eigenvalue weighted by Gasteiger charge is 2.34. The summed E-state index contributed by atoms with van der Waals surface area (Å²) in [4.78, 5) is 24.2. The molecule has 3 atom stereocenters. The molecule has 0 radical (unpaired) electrons. The quantitative estimate of drug-likeness (QED) is 0.836. The van der Waals surface area contributed by atoms with Crippen LogP contribution in [0.25, 0.3) is 10.7 Å². The van der Waals surface area contributed by atoms with Crippen LogP contribution in [0, 0.1) is 6.92 Å². The fourth-order valence-electron chi connectivity index (χ4n) is 2.66. The van der Waals surface area contributed by atoms with Gasteiger partial charge in [-0.2, -0.15) is 0 Å². The van der Waals surface area contributed by atoms with E-state index in [2.05, 4.69) is 9.97 Å². The molecule has 0 saturated carbocycles. The molecule has 7 heteroatoms. The first-order valence-electron chi connectivity index (χ1n) is 7.56. The van der Waals surface area contributed by atoms with E-state index in [4.69, 9.17) is 0 Å². The maximum Gasteiger partial charge on any atom is 0.266 e. The molecule has 3 rings (SSSR count). The van der Waals surface area contributed by atoms with Crippen molar-refractivity contribution < 1.29 is 9.00 Å². The Hall–Kier alpha value is -1.60. The molecular formula is C16H19N3O2S2. The molecule has 0 aliphatic carbocycles. The Morgan fingerprint density at radius 1 is 1.39 bits per heavy atom. The first-order chi connectivity index (χ1) is 11.0. The third-order valence-corrected chi connectivity index (χ3v) is 7.23. The lowest BCUT2D eigenvalue weighted by molar-refractivity contribution is 0.0699. The minimum Gasteiger partial charge on any atom is -0.333 e. The SMILES string of the molecule is Cc1nc(-c2ccccn2)sc1C(=O)N1CC[S@](=O)[C@@H](C)[C@H]1C. The molecule has 0 N–H and O–H groups in total. The minimum atomic E-state index is -0.855. The van der Waals surface area contributed by atoms with Gasteiger partial charge in [-0.15, -0.1) is 11.3 Å². The topological polar surface area (TPSA) is 63.2 Å². The zero-order valence-electron chi connectivity index (χ0n) is 13.4. The van der Waals surface area contributed by atoms with E-state index in [0.29, 0.717) is 17.2 Å². The number of aromatic nitrogens is 2. The summed E-state index contributed by atoms with van der Waals surface area (Å²) in [5.41, 5.74) is 1.51. The molecule has 2 aromatic rings. The molecule has 5 nitrogen and oxygen atoms in total. The van der Waals surface area contributed by atoms with Crippen LogP contribution in [-0.2, 0) is 10.8 Å². The third kappa shape index (κ3) is 3.07. The number of nitrogens with zero attached hydrogens (tertiary/aromatic N) is 3. The lowest BCUT2D eigenvalue weighted by Gasteiger charge is -2.37. The summed E-state index contributed by atoms with van der Waals surface area (Å²) in [6.07, 6.45) is 1.72. The van der Waals surface area contributed by atoms with Gasteiger partial charge in [0.05, 0.1) is 16.6 Å². The normalized spacial score (nSPS) is 24.7. The van der Waals surface area contributed by atoms with Crippen molar-refractivity contribution in [2.45, 2.75) is 32.1 Å². The van der Waals surface area contributed by atoms with Gasteiger partial charge in [-0.25, -0.2) is 4.98 Å². The maximum absolute atomic E-state index is 12.9. The van der Waals surface area contributed by atoms with E-state index >= 15 is 0 Å². The highest BCUT2D eigenvalue weighted by atomic mass is 32.2. The van der Waals surface area contributed by atoms with Crippen molar-refractivity contribution in [3.05, 3.63) is 35.0 Å². The lowest BCUT2D eigenvalue weighted by Crippen LogP contribution is -2.52. The van der Waals surface area contributed by atoms with Gasteiger partial charge in [-0.05, 0) is 32.9 Å². The standard InChI is InChI=1S/C16H19N3O2S2/c1-10-14(22-15(18-10)13-6-4-5-7-17-13)16(20)19-8-9-23(21)12(3)11(19)2/h4-7,11-12H,8-9H2,1-3H3/t11-,12+,23+/m1/s1. The molecule has 0 unspecified atom stereocenters. The van der Waals surface area contributed by atoms with Crippen LogP contribution in [0.3, 0.4) is 0 Å². The summed E-state index contributed by atoms with van der Waals surface area (Å²) in [6, 6.07) is 5.62. The minimum absolute atomic E-state index is 0.00353. The fourth-order valence-corrected chi connectivity index (χ4v) is 5.00. The average molecular weight is 349 g/mol. The van der Waals surface area contributed by atoms with Gasteiger partial charge in [0.25, 0.3) is 5.91 Å². The number of aryl methyl sites for hydroxylation is 1. The van der Waals surface area contributed by atoms with Crippen molar-refractivity contribution in [3.63, 3.8) is 0 Å². The third-order valence-electron chi connectivity index (χ3n) is 4.25. The molecule has 1 fully saturated rings. The van der Waals surface area contributed by atoms with Crippen molar-refractivity contribution in [1.29, 1.82) is 0 Å². The zero-order chi connectivity index (χ0) is 16.6. The van der Waals surface area contributed by atoms with Gasteiger partial charge in [0.1, 0.15) is 9.88 Å². The van der Waals surface area contributed by atoms with Gasteiger partial charge < -0.3 is 4.90 Å². The molecular weight excluding hydrogens is 330 g/mol. The predicted molar refractivity (Wildman–Crippen MR) is 93.1 cm³/mol. The van der Waals surface area contributed by atoms with Gasteiger partial charge in [-0.1, -0.05) is 6.07 Å². The Morgan fingerprint density at radius 3 is 2.87 bits per heavy atom. The van der Waals surface area contributed by atoms with Crippen molar-refractivity contribution in [2.75, 3.05) is 12.3 Å². The van der Waals surface area contributed by atoms with Gasteiger partial charge in [0, 0.05) is 35.3 Å². The van der Waals surface area contributed by atoms with Crippen molar-refractivity contribution in [2.24, 2.45) is 0 Å². The molecule has 0 bridgehead atoms. The molecule has 23 heavy (non-hydrogen) atoms. The summed E-state index contributed by atoms with van der Waals surface area (Å²) in [5.74, 6) is 0.528. The number of thiazole rings is 1. The number of carbonyl (C=O) groups excluding carboxylic acids is 1. The number of rotatable bonds is 2. The Morgan fingerprint density at radius 2 is 2.17 bits per heavy atom. The molecule has 0 spiro atoms. The first-order valence-corrected chi connectivity index (χ1v) is 9.76.